The van der Waals surface area contributed by atoms with Gasteiger partial charge in [-0.15, -0.1) is 34.9 Å². The number of carboxylic acid groups (broad SMARTS) is 1. The van der Waals surface area contributed by atoms with E-state index < -0.39 is 29.2 Å². The van der Waals surface area contributed by atoms with E-state index in [9.17, 15) is 19.5 Å². The van der Waals surface area contributed by atoms with Gasteiger partial charge in [0.15, 0.2) is 10.8 Å². The fourth-order valence-electron chi connectivity index (χ4n) is 3.13. The lowest BCUT2D eigenvalue weighted by atomic mass is 10.0. The van der Waals surface area contributed by atoms with Gasteiger partial charge in [0.2, 0.25) is 0 Å². The zero-order chi connectivity index (χ0) is 22.8. The lowest BCUT2D eigenvalue weighted by Gasteiger charge is -2.49. The van der Waals surface area contributed by atoms with E-state index in [0.29, 0.717) is 17.1 Å². The van der Waals surface area contributed by atoms with E-state index in [4.69, 9.17) is 10.6 Å². The maximum absolute atomic E-state index is 12.8. The minimum absolute atomic E-state index is 0.0296. The van der Waals surface area contributed by atoms with Crippen LogP contribution in [0.15, 0.2) is 38.3 Å². The van der Waals surface area contributed by atoms with Crippen LogP contribution in [0.4, 0.5) is 5.13 Å². The van der Waals surface area contributed by atoms with Crippen LogP contribution in [0, 0.1) is 0 Å². The molecule has 11 nitrogen and oxygen atoms in total. The molecule has 2 amide bonds. The summed E-state index contributed by atoms with van der Waals surface area (Å²) in [4.78, 5) is 48.5. The van der Waals surface area contributed by atoms with Crippen LogP contribution in [-0.4, -0.2) is 72.9 Å². The quantitative estimate of drug-likeness (QED) is 0.202. The third kappa shape index (κ3) is 4.32. The molecule has 0 spiro atoms. The lowest BCUT2D eigenvalue weighted by molar-refractivity contribution is -0.150. The summed E-state index contributed by atoms with van der Waals surface area (Å²) in [6, 6.07) is -0.893. The number of aliphatic carboxylic acids is 1. The summed E-state index contributed by atoms with van der Waals surface area (Å²) in [5, 5.41) is 19.2. The summed E-state index contributed by atoms with van der Waals surface area (Å²) in [6.45, 7) is 0. The summed E-state index contributed by atoms with van der Waals surface area (Å²) in [6.07, 6.45) is 1.71. The molecule has 4 rings (SSSR count). The van der Waals surface area contributed by atoms with Crippen molar-refractivity contribution in [3.63, 3.8) is 0 Å². The van der Waals surface area contributed by atoms with Crippen LogP contribution >= 0.6 is 46.4 Å². The second kappa shape index (κ2) is 9.48. The number of thioether (sulfide) groups is 2. The van der Waals surface area contributed by atoms with Crippen LogP contribution in [0.2, 0.25) is 0 Å². The second-order valence-electron chi connectivity index (χ2n) is 6.46. The minimum Gasteiger partial charge on any atom is -0.477 e. The molecule has 168 valence electrons. The Morgan fingerprint density at radius 1 is 1.47 bits per heavy atom. The van der Waals surface area contributed by atoms with Crippen molar-refractivity contribution in [1.29, 1.82) is 0 Å². The first-order valence-corrected chi connectivity index (χ1v) is 12.7. The number of carbonyl (C=O) groups excluding carboxylic acids is 2. The molecule has 0 unspecified atom stereocenters. The van der Waals surface area contributed by atoms with Crippen molar-refractivity contribution in [2.45, 2.75) is 16.3 Å². The molecule has 2 aromatic rings. The number of aromatic nitrogens is 2. The molecule has 0 aliphatic carbocycles. The Balaban J connectivity index is 1.49. The van der Waals surface area contributed by atoms with Gasteiger partial charge >= 0.3 is 5.97 Å². The number of carboxylic acids is 1. The first-order chi connectivity index (χ1) is 15.4. The van der Waals surface area contributed by atoms with Gasteiger partial charge in [-0.1, -0.05) is 5.16 Å². The van der Waals surface area contributed by atoms with Gasteiger partial charge in [0.1, 0.15) is 29.9 Å². The molecule has 2 aliphatic heterocycles. The molecule has 2 aromatic heterocycles. The average molecular weight is 513 g/mol. The molecule has 0 radical (unpaired) electrons. The van der Waals surface area contributed by atoms with E-state index in [0.717, 1.165) is 16.2 Å². The van der Waals surface area contributed by atoms with Gasteiger partial charge in [-0.05, 0) is 17.1 Å². The van der Waals surface area contributed by atoms with E-state index in [1.165, 1.54) is 47.1 Å². The number of nitrogens with two attached hydrogens (primary N) is 1. The molecule has 0 aromatic carbocycles. The van der Waals surface area contributed by atoms with Gasteiger partial charge < -0.3 is 21.0 Å². The number of oxime groups is 1. The Kier molecular flexibility index (Phi) is 6.68. The number of hydrogen-bond donors (Lipinski definition) is 3. The number of nitrogens with one attached hydrogen (secondary N) is 1. The molecule has 32 heavy (non-hydrogen) atoms. The smallest absolute Gasteiger partial charge is 0.352 e. The highest BCUT2D eigenvalue weighted by Crippen LogP contribution is 2.41. The number of β-lactam (4-membered cyclic amide) rings is 1. The van der Waals surface area contributed by atoms with Crippen LogP contribution in [0.3, 0.4) is 0 Å². The third-order valence-electron chi connectivity index (χ3n) is 4.52. The van der Waals surface area contributed by atoms with Crippen molar-refractivity contribution in [1.82, 2.24) is 19.6 Å². The van der Waals surface area contributed by atoms with Crippen LogP contribution in [0.25, 0.3) is 0 Å². The molecule has 4 N–H and O–H groups in total. The molecule has 15 heteroatoms. The van der Waals surface area contributed by atoms with E-state index in [1.807, 2.05) is 5.38 Å². The molecule has 1 fully saturated rings. The predicted octanol–water partition coefficient (Wildman–Crippen LogP) is 1.06. The summed E-state index contributed by atoms with van der Waals surface area (Å²) in [5.41, 5.74) is 6.34. The molecule has 4 heterocycles. The number of rotatable bonds is 8. The molecule has 0 bridgehead atoms. The molecule has 2 aliphatic rings. The van der Waals surface area contributed by atoms with Crippen LogP contribution in [0.5, 0.6) is 0 Å². The monoisotopic (exact) mass is 512 g/mol. The fourth-order valence-corrected chi connectivity index (χ4v) is 6.73. The fraction of sp³-hybridized carbons (Fsp3) is 0.294. The van der Waals surface area contributed by atoms with Crippen molar-refractivity contribution < 1.29 is 24.3 Å². The predicted molar refractivity (Wildman–Crippen MR) is 123 cm³/mol. The SMILES string of the molecule is CON=C(C(=O)N[C@@H]1C(=O)N2C(C(=O)O)=C(CSc3cnsc3)CS[C@@H]12)c1csc(N)n1. The van der Waals surface area contributed by atoms with Crippen molar-refractivity contribution >= 4 is 75.0 Å². The van der Waals surface area contributed by atoms with Crippen molar-refractivity contribution in [3.8, 4) is 0 Å². The number of carbonyl (C=O) groups is 3. The number of nitrogen functional groups attached to an aromatic ring is 1. The third-order valence-corrected chi connectivity index (χ3v) is 8.32. The normalized spacial score (nSPS) is 20.6. The highest BCUT2D eigenvalue weighted by molar-refractivity contribution is 8.01. The molecule has 1 saturated heterocycles. The lowest BCUT2D eigenvalue weighted by Crippen LogP contribution is -2.71. The Morgan fingerprint density at radius 2 is 2.28 bits per heavy atom. The van der Waals surface area contributed by atoms with Gasteiger partial charge in [-0.3, -0.25) is 14.5 Å². The summed E-state index contributed by atoms with van der Waals surface area (Å²) in [7, 11) is 1.28. The van der Waals surface area contributed by atoms with E-state index in [2.05, 4.69) is 19.8 Å². The van der Waals surface area contributed by atoms with Crippen molar-refractivity contribution in [2.75, 3.05) is 24.3 Å². The maximum Gasteiger partial charge on any atom is 0.352 e. The molecular formula is C17H16N6O5S4. The Morgan fingerprint density at radius 3 is 2.91 bits per heavy atom. The highest BCUT2D eigenvalue weighted by Gasteiger charge is 2.54. The van der Waals surface area contributed by atoms with E-state index >= 15 is 0 Å². The van der Waals surface area contributed by atoms with E-state index in [1.54, 1.807) is 11.6 Å². The second-order valence-corrected chi connectivity index (χ2v) is 10.2. The van der Waals surface area contributed by atoms with Gasteiger partial charge in [0.25, 0.3) is 11.8 Å². The topological polar surface area (TPSA) is 160 Å². The number of fused-ring (bicyclic) bond motifs is 1. The largest absolute Gasteiger partial charge is 0.477 e. The number of amides is 2. The highest BCUT2D eigenvalue weighted by atomic mass is 32.2. The van der Waals surface area contributed by atoms with Crippen molar-refractivity contribution in [3.05, 3.63) is 33.9 Å². The Bertz CT molecular complexity index is 1110. The zero-order valence-corrected chi connectivity index (χ0v) is 19.6. The van der Waals surface area contributed by atoms with Crippen LogP contribution < -0.4 is 11.1 Å². The molecule has 0 saturated carbocycles. The average Bonchev–Trinajstić information content (AvgIpc) is 3.45. The van der Waals surface area contributed by atoms with Crippen molar-refractivity contribution in [2.24, 2.45) is 5.16 Å². The molecule has 2 atom stereocenters. The first-order valence-electron chi connectivity index (χ1n) is 8.96. The number of thiazole rings is 1. The first kappa shape index (κ1) is 22.6. The Hall–Kier alpha value is -2.62. The Labute approximate surface area is 198 Å². The summed E-state index contributed by atoms with van der Waals surface area (Å²) in [5.74, 6) is -1.48. The zero-order valence-electron chi connectivity index (χ0n) is 16.4. The van der Waals surface area contributed by atoms with Crippen LogP contribution in [0.1, 0.15) is 5.69 Å². The van der Waals surface area contributed by atoms with Gasteiger partial charge in [0, 0.05) is 27.2 Å². The van der Waals surface area contributed by atoms with Crippen LogP contribution in [-0.2, 0) is 19.2 Å². The van der Waals surface area contributed by atoms with Gasteiger partial charge in [0.05, 0.1) is 6.20 Å². The minimum atomic E-state index is -1.17. The van der Waals surface area contributed by atoms with E-state index in [-0.39, 0.29) is 22.2 Å². The molecular weight excluding hydrogens is 496 g/mol. The number of hydrogen-bond acceptors (Lipinski definition) is 12. The van der Waals surface area contributed by atoms with Gasteiger partial charge in [-0.2, -0.15) is 4.37 Å². The number of anilines is 1. The standard InChI is InChI=1S/C17H16N6O5S4/c1-28-22-10(9-6-31-17(18)20-9)13(24)21-11-14(25)23-12(16(26)27)7(4-30-15(11)23)3-29-8-2-19-32-5-8/h2,5-6,11,15H,3-4H2,1H3,(H2,18,20)(H,21,24)(H,26,27)/t11-,15+/m1/s1. The van der Waals surface area contributed by atoms with Gasteiger partial charge in [-0.25, -0.2) is 9.78 Å². The maximum atomic E-state index is 12.8. The number of nitrogens with zero attached hydrogens (tertiary/aromatic N) is 4. The summed E-state index contributed by atoms with van der Waals surface area (Å²) < 4.78 is 4.03. The summed E-state index contributed by atoms with van der Waals surface area (Å²) >= 11 is 5.31.